The molecule has 0 fully saturated rings. The molecular weight excluding hydrogens is 437 g/mol. The normalized spacial score (nSPS) is 13.4. The minimum atomic E-state index is 0.189. The van der Waals surface area contributed by atoms with Gasteiger partial charge in [0.25, 0.3) is 6.71 Å². The molecule has 7 aromatic rings. The first-order chi connectivity index (χ1) is 17.9. The van der Waals surface area contributed by atoms with Gasteiger partial charge in [0.2, 0.25) is 0 Å². The zero-order valence-electron chi connectivity index (χ0n) is 19.5. The maximum atomic E-state index is 2.50. The molecule has 0 unspecified atom stereocenters. The van der Waals surface area contributed by atoms with Crippen LogP contribution in [0.3, 0.4) is 0 Å². The monoisotopic (exact) mass is 457 g/mol. The fourth-order valence-electron chi connectivity index (χ4n) is 6.75. The van der Waals surface area contributed by atoms with Crippen LogP contribution in [0.2, 0.25) is 0 Å². The topological polar surface area (TPSA) is 12.6 Å². The van der Waals surface area contributed by atoms with Gasteiger partial charge in [-0.3, -0.25) is 8.97 Å². The Bertz CT molecular complexity index is 2010. The Morgan fingerprint density at radius 1 is 0.528 bits per heavy atom. The van der Waals surface area contributed by atoms with E-state index in [2.05, 4.69) is 135 Å². The molecular formula is C32H20BN3. The molecule has 0 N–H and O–H groups in total. The van der Waals surface area contributed by atoms with Crippen LogP contribution in [-0.4, -0.2) is 15.7 Å². The number of rotatable bonds is 1. The van der Waals surface area contributed by atoms with E-state index in [4.69, 9.17) is 0 Å². The van der Waals surface area contributed by atoms with Crippen molar-refractivity contribution in [3.63, 3.8) is 0 Å². The van der Waals surface area contributed by atoms with Crippen LogP contribution in [0.15, 0.2) is 121 Å². The van der Waals surface area contributed by atoms with Crippen LogP contribution in [0.25, 0.3) is 33.3 Å². The second-order valence-corrected chi connectivity index (χ2v) is 9.82. The maximum absolute atomic E-state index is 2.50. The molecule has 4 heterocycles. The third kappa shape index (κ3) is 2.12. The number of imidazole rings is 1. The molecule has 2 aliphatic rings. The average Bonchev–Trinajstić information content (AvgIpc) is 3.47. The van der Waals surface area contributed by atoms with E-state index < -0.39 is 0 Å². The van der Waals surface area contributed by atoms with E-state index in [1.807, 2.05) is 0 Å². The molecule has 5 aromatic carbocycles. The van der Waals surface area contributed by atoms with Crippen molar-refractivity contribution in [2.75, 3.05) is 4.90 Å². The van der Waals surface area contributed by atoms with E-state index in [0.29, 0.717) is 0 Å². The van der Waals surface area contributed by atoms with Gasteiger partial charge in [-0.25, -0.2) is 0 Å². The molecule has 0 atom stereocenters. The van der Waals surface area contributed by atoms with Crippen molar-refractivity contribution >= 4 is 67.7 Å². The molecule has 0 bridgehead atoms. The number of hydrogen-bond acceptors (Lipinski definition) is 1. The van der Waals surface area contributed by atoms with Crippen molar-refractivity contribution in [3.05, 3.63) is 121 Å². The van der Waals surface area contributed by atoms with Crippen molar-refractivity contribution in [2.45, 2.75) is 0 Å². The highest BCUT2D eigenvalue weighted by atomic mass is 15.2. The van der Waals surface area contributed by atoms with E-state index in [0.717, 1.165) is 0 Å². The number of anilines is 3. The zero-order chi connectivity index (χ0) is 23.4. The molecule has 0 saturated carbocycles. The lowest BCUT2D eigenvalue weighted by atomic mass is 9.34. The number of fused-ring (bicyclic) bond motifs is 9. The second-order valence-electron chi connectivity index (χ2n) is 9.82. The summed E-state index contributed by atoms with van der Waals surface area (Å²) in [4.78, 5) is 2.44. The van der Waals surface area contributed by atoms with Gasteiger partial charge in [0.05, 0.1) is 16.6 Å². The van der Waals surface area contributed by atoms with Crippen molar-refractivity contribution in [1.82, 2.24) is 8.97 Å². The van der Waals surface area contributed by atoms with Gasteiger partial charge in [-0.15, -0.1) is 0 Å². The molecule has 3 nitrogen and oxygen atoms in total. The van der Waals surface area contributed by atoms with Gasteiger partial charge in [0, 0.05) is 28.1 Å². The summed E-state index contributed by atoms with van der Waals surface area (Å²) in [6.07, 6.45) is 0. The standard InChI is InChI=1S/C32H20BN3/c1-2-11-22(12-3-1)34-26-16-7-5-13-23(26)33-24-14-8-19-29-32(24)36(28-18-9-17-27(34)31(28)33)30-20-21-10-4-6-15-25(21)35(29)30/h1-20H. The van der Waals surface area contributed by atoms with Crippen LogP contribution in [-0.2, 0) is 0 Å². The number of para-hydroxylation sites is 4. The van der Waals surface area contributed by atoms with Gasteiger partial charge >= 0.3 is 0 Å². The number of benzene rings is 5. The lowest BCUT2D eigenvalue weighted by Crippen LogP contribution is -2.60. The minimum absolute atomic E-state index is 0.189. The van der Waals surface area contributed by atoms with Gasteiger partial charge in [0.15, 0.2) is 0 Å². The third-order valence-corrected chi connectivity index (χ3v) is 8.08. The number of aromatic nitrogens is 2. The Morgan fingerprint density at radius 2 is 1.22 bits per heavy atom. The summed E-state index contributed by atoms with van der Waals surface area (Å²) in [7, 11) is 0. The lowest BCUT2D eigenvalue weighted by molar-refractivity contribution is 1.15. The SMILES string of the molecule is c1ccc(N2c3ccccc3B3c4c2cccc4-n2c4c3cccc4n3c4ccccc4cc23)cc1. The highest BCUT2D eigenvalue weighted by molar-refractivity contribution is 7.00. The second kappa shape index (κ2) is 6.49. The number of nitrogens with zero attached hydrogens (tertiary/aromatic N) is 3. The van der Waals surface area contributed by atoms with Crippen molar-refractivity contribution in [3.8, 4) is 5.69 Å². The van der Waals surface area contributed by atoms with Gasteiger partial charge in [-0.05, 0) is 64.9 Å². The van der Waals surface area contributed by atoms with E-state index in [-0.39, 0.29) is 6.71 Å². The molecule has 0 radical (unpaired) electrons. The molecule has 2 aromatic heterocycles. The first-order valence-corrected chi connectivity index (χ1v) is 12.5. The first kappa shape index (κ1) is 18.6. The minimum Gasteiger partial charge on any atom is -0.311 e. The van der Waals surface area contributed by atoms with Crippen molar-refractivity contribution < 1.29 is 0 Å². The summed E-state index contributed by atoms with van der Waals surface area (Å²) in [6.45, 7) is 0.189. The highest BCUT2D eigenvalue weighted by Crippen LogP contribution is 2.40. The van der Waals surface area contributed by atoms with Crippen molar-refractivity contribution in [2.24, 2.45) is 0 Å². The van der Waals surface area contributed by atoms with Crippen LogP contribution in [0, 0.1) is 0 Å². The highest BCUT2D eigenvalue weighted by Gasteiger charge is 2.41. The Labute approximate surface area is 208 Å². The van der Waals surface area contributed by atoms with Crippen LogP contribution in [0.5, 0.6) is 0 Å². The molecule has 0 spiro atoms. The largest absolute Gasteiger partial charge is 0.311 e. The summed E-state index contributed by atoms with van der Waals surface area (Å²) < 4.78 is 4.93. The van der Waals surface area contributed by atoms with Crippen molar-refractivity contribution in [1.29, 1.82) is 0 Å². The molecule has 166 valence electrons. The van der Waals surface area contributed by atoms with E-state index >= 15 is 0 Å². The lowest BCUT2D eigenvalue weighted by Gasteiger charge is -2.40. The summed E-state index contributed by atoms with van der Waals surface area (Å²) >= 11 is 0. The van der Waals surface area contributed by atoms with Crippen LogP contribution >= 0.6 is 0 Å². The summed E-state index contributed by atoms with van der Waals surface area (Å²) in [5.74, 6) is 0. The van der Waals surface area contributed by atoms with Gasteiger partial charge in [0.1, 0.15) is 5.65 Å². The van der Waals surface area contributed by atoms with Crippen LogP contribution in [0.4, 0.5) is 17.1 Å². The van der Waals surface area contributed by atoms with Gasteiger partial charge in [-0.1, -0.05) is 72.8 Å². The summed E-state index contributed by atoms with van der Waals surface area (Å²) in [5.41, 5.74) is 14.1. The smallest absolute Gasteiger partial charge is 0.252 e. The fraction of sp³-hybridized carbons (Fsp3) is 0. The molecule has 9 rings (SSSR count). The third-order valence-electron chi connectivity index (χ3n) is 8.08. The van der Waals surface area contributed by atoms with Gasteiger partial charge < -0.3 is 4.90 Å². The van der Waals surface area contributed by atoms with E-state index in [1.54, 1.807) is 0 Å². The predicted molar refractivity (Wildman–Crippen MR) is 151 cm³/mol. The number of hydrogen-bond donors (Lipinski definition) is 0. The molecule has 0 aliphatic carbocycles. The quantitative estimate of drug-likeness (QED) is 0.291. The first-order valence-electron chi connectivity index (χ1n) is 12.5. The molecule has 4 heteroatoms. The Hall–Kier alpha value is -4.70. The van der Waals surface area contributed by atoms with Crippen LogP contribution in [0.1, 0.15) is 0 Å². The van der Waals surface area contributed by atoms with E-state index in [9.17, 15) is 0 Å². The molecule has 36 heavy (non-hydrogen) atoms. The van der Waals surface area contributed by atoms with Crippen LogP contribution < -0.4 is 21.3 Å². The predicted octanol–water partition coefficient (Wildman–Crippen LogP) is 5.65. The Morgan fingerprint density at radius 3 is 2.17 bits per heavy atom. The summed E-state index contributed by atoms with van der Waals surface area (Å²) in [5, 5.41) is 1.27. The summed E-state index contributed by atoms with van der Waals surface area (Å²) in [6, 6.07) is 44.4. The molecule has 2 aliphatic heterocycles. The van der Waals surface area contributed by atoms with Gasteiger partial charge in [-0.2, -0.15) is 0 Å². The van der Waals surface area contributed by atoms with E-state index in [1.165, 1.54) is 66.7 Å². The fourth-order valence-corrected chi connectivity index (χ4v) is 6.75. The maximum Gasteiger partial charge on any atom is 0.252 e. The Balaban J connectivity index is 1.49. The molecule has 0 amide bonds. The molecule has 0 saturated heterocycles. The average molecular weight is 457 g/mol. The Kier molecular flexibility index (Phi) is 3.36. The zero-order valence-corrected chi connectivity index (χ0v) is 19.5.